The summed E-state index contributed by atoms with van der Waals surface area (Å²) in [5.74, 6) is 1.89. The SMILES string of the molecule is Cc1ccc(C2CSCCN2C(=O)c2cn(C3CCNCC3)nn2)cc1. The fourth-order valence-corrected chi connectivity index (χ4v) is 4.77. The van der Waals surface area contributed by atoms with Gasteiger partial charge in [0, 0.05) is 18.1 Å². The van der Waals surface area contributed by atoms with Gasteiger partial charge in [-0.05, 0) is 38.4 Å². The van der Waals surface area contributed by atoms with Crippen LogP contribution in [0.2, 0.25) is 0 Å². The van der Waals surface area contributed by atoms with Gasteiger partial charge in [-0.25, -0.2) is 4.68 Å². The van der Waals surface area contributed by atoms with E-state index in [1.54, 1.807) is 0 Å². The van der Waals surface area contributed by atoms with Crippen molar-refractivity contribution >= 4 is 17.7 Å². The summed E-state index contributed by atoms with van der Waals surface area (Å²) in [6.07, 6.45) is 3.90. The summed E-state index contributed by atoms with van der Waals surface area (Å²) in [5, 5.41) is 11.8. The number of aryl methyl sites for hydroxylation is 1. The Labute approximate surface area is 158 Å². The summed E-state index contributed by atoms with van der Waals surface area (Å²) in [7, 11) is 0. The first-order valence-corrected chi connectivity index (χ1v) is 10.5. The zero-order valence-electron chi connectivity index (χ0n) is 15.1. The van der Waals surface area contributed by atoms with Crippen LogP contribution in [0.5, 0.6) is 0 Å². The van der Waals surface area contributed by atoms with Crippen LogP contribution >= 0.6 is 11.8 Å². The molecule has 2 saturated heterocycles. The zero-order valence-corrected chi connectivity index (χ0v) is 15.9. The number of carbonyl (C=O) groups excluding carboxylic acids is 1. The lowest BCUT2D eigenvalue weighted by Gasteiger charge is -2.35. The van der Waals surface area contributed by atoms with E-state index in [0.29, 0.717) is 11.7 Å². The molecule has 1 N–H and O–H groups in total. The molecule has 0 bridgehead atoms. The normalized spacial score (nSPS) is 21.7. The van der Waals surface area contributed by atoms with E-state index in [1.807, 2.05) is 27.5 Å². The maximum Gasteiger partial charge on any atom is 0.276 e. The lowest BCUT2D eigenvalue weighted by Crippen LogP contribution is -2.41. The second kappa shape index (κ2) is 7.80. The highest BCUT2D eigenvalue weighted by Crippen LogP contribution is 2.31. The Morgan fingerprint density at radius 1 is 1.23 bits per heavy atom. The molecule has 4 rings (SSSR count). The topological polar surface area (TPSA) is 63.1 Å². The highest BCUT2D eigenvalue weighted by atomic mass is 32.2. The number of rotatable bonds is 3. The minimum absolute atomic E-state index is 0.00365. The van der Waals surface area contributed by atoms with E-state index < -0.39 is 0 Å². The van der Waals surface area contributed by atoms with E-state index in [9.17, 15) is 4.79 Å². The van der Waals surface area contributed by atoms with Gasteiger partial charge in [-0.1, -0.05) is 35.0 Å². The molecule has 1 amide bonds. The molecular weight excluding hydrogens is 346 g/mol. The summed E-state index contributed by atoms with van der Waals surface area (Å²) in [6.45, 7) is 4.82. The smallest absolute Gasteiger partial charge is 0.276 e. The molecule has 1 aromatic carbocycles. The molecule has 2 aromatic rings. The van der Waals surface area contributed by atoms with Crippen LogP contribution in [0, 0.1) is 6.92 Å². The maximum absolute atomic E-state index is 13.1. The molecule has 0 spiro atoms. The van der Waals surface area contributed by atoms with E-state index >= 15 is 0 Å². The number of amides is 1. The molecule has 26 heavy (non-hydrogen) atoms. The molecule has 0 saturated carbocycles. The third-order valence-corrected chi connectivity index (χ3v) is 6.29. The van der Waals surface area contributed by atoms with Crippen molar-refractivity contribution in [2.75, 3.05) is 31.1 Å². The van der Waals surface area contributed by atoms with E-state index in [0.717, 1.165) is 44.0 Å². The first-order chi connectivity index (χ1) is 12.7. The highest BCUT2D eigenvalue weighted by molar-refractivity contribution is 7.99. The van der Waals surface area contributed by atoms with Crippen LogP contribution in [0.3, 0.4) is 0 Å². The van der Waals surface area contributed by atoms with Crippen molar-refractivity contribution in [3.05, 3.63) is 47.3 Å². The van der Waals surface area contributed by atoms with Gasteiger partial charge in [-0.15, -0.1) is 5.10 Å². The van der Waals surface area contributed by atoms with Crippen LogP contribution in [0.25, 0.3) is 0 Å². The molecule has 2 fully saturated rings. The van der Waals surface area contributed by atoms with Crippen molar-refractivity contribution in [2.45, 2.75) is 31.8 Å². The molecule has 6 nitrogen and oxygen atoms in total. The number of aromatic nitrogens is 3. The Morgan fingerprint density at radius 2 is 2.00 bits per heavy atom. The zero-order chi connectivity index (χ0) is 17.9. The number of hydrogen-bond acceptors (Lipinski definition) is 5. The van der Waals surface area contributed by atoms with E-state index in [2.05, 4.69) is 46.8 Å². The number of benzene rings is 1. The van der Waals surface area contributed by atoms with Gasteiger partial charge in [0.1, 0.15) is 0 Å². The molecule has 2 aliphatic heterocycles. The molecule has 1 atom stereocenters. The third kappa shape index (κ3) is 3.64. The van der Waals surface area contributed by atoms with Gasteiger partial charge in [0.05, 0.1) is 18.3 Å². The van der Waals surface area contributed by atoms with Gasteiger partial charge in [0.2, 0.25) is 0 Å². The van der Waals surface area contributed by atoms with Crippen LogP contribution < -0.4 is 5.32 Å². The summed E-state index contributed by atoms with van der Waals surface area (Å²) >= 11 is 1.90. The number of nitrogens with zero attached hydrogens (tertiary/aromatic N) is 4. The van der Waals surface area contributed by atoms with Gasteiger partial charge in [0.25, 0.3) is 5.91 Å². The first kappa shape index (κ1) is 17.5. The minimum Gasteiger partial charge on any atom is -0.328 e. The second-order valence-corrected chi connectivity index (χ2v) is 8.21. The number of thioether (sulfide) groups is 1. The molecule has 2 aliphatic rings. The van der Waals surface area contributed by atoms with Crippen molar-refractivity contribution in [1.29, 1.82) is 0 Å². The average molecular weight is 372 g/mol. The fraction of sp³-hybridized carbons (Fsp3) is 0.526. The van der Waals surface area contributed by atoms with E-state index in [1.165, 1.54) is 11.1 Å². The molecule has 0 aliphatic carbocycles. The van der Waals surface area contributed by atoms with Crippen LogP contribution in [0.1, 0.15) is 46.5 Å². The quantitative estimate of drug-likeness (QED) is 0.898. The Kier molecular flexibility index (Phi) is 5.26. The van der Waals surface area contributed by atoms with Crippen molar-refractivity contribution in [3.8, 4) is 0 Å². The van der Waals surface area contributed by atoms with Crippen molar-refractivity contribution in [3.63, 3.8) is 0 Å². The lowest BCUT2D eigenvalue weighted by atomic mass is 10.0. The Bertz CT molecular complexity index is 754. The summed E-state index contributed by atoms with van der Waals surface area (Å²) in [6, 6.07) is 8.95. The maximum atomic E-state index is 13.1. The Hall–Kier alpha value is -1.86. The molecule has 1 unspecified atom stereocenters. The van der Waals surface area contributed by atoms with E-state index in [-0.39, 0.29) is 11.9 Å². The Balaban J connectivity index is 1.53. The lowest BCUT2D eigenvalue weighted by molar-refractivity contribution is 0.0695. The molecule has 0 radical (unpaired) electrons. The van der Waals surface area contributed by atoms with Crippen LogP contribution in [0.15, 0.2) is 30.5 Å². The van der Waals surface area contributed by atoms with Crippen LogP contribution in [-0.2, 0) is 0 Å². The van der Waals surface area contributed by atoms with Gasteiger partial charge in [-0.2, -0.15) is 11.8 Å². The summed E-state index contributed by atoms with van der Waals surface area (Å²) < 4.78 is 1.88. The van der Waals surface area contributed by atoms with Gasteiger partial charge >= 0.3 is 0 Å². The number of piperidine rings is 1. The molecule has 3 heterocycles. The third-order valence-electron chi connectivity index (χ3n) is 5.26. The fourth-order valence-electron chi connectivity index (χ4n) is 3.68. The molecular formula is C19H25N5OS. The van der Waals surface area contributed by atoms with Crippen molar-refractivity contribution in [1.82, 2.24) is 25.2 Å². The van der Waals surface area contributed by atoms with E-state index in [4.69, 9.17) is 0 Å². The predicted molar refractivity (Wildman–Crippen MR) is 103 cm³/mol. The van der Waals surface area contributed by atoms with Gasteiger partial charge in [-0.3, -0.25) is 4.79 Å². The number of hydrogen-bond donors (Lipinski definition) is 1. The Morgan fingerprint density at radius 3 is 2.77 bits per heavy atom. The molecule has 7 heteroatoms. The predicted octanol–water partition coefficient (Wildman–Crippen LogP) is 2.44. The highest BCUT2D eigenvalue weighted by Gasteiger charge is 2.31. The standard InChI is InChI=1S/C19H25N5OS/c1-14-2-4-15(5-3-14)18-13-26-11-10-23(18)19(25)17-12-24(22-21-17)16-6-8-20-9-7-16/h2-5,12,16,18,20H,6-11,13H2,1H3. The van der Waals surface area contributed by atoms with Crippen LogP contribution in [0.4, 0.5) is 0 Å². The van der Waals surface area contributed by atoms with Gasteiger partial charge < -0.3 is 10.2 Å². The summed E-state index contributed by atoms with van der Waals surface area (Å²) in [4.78, 5) is 15.1. The molecule has 138 valence electrons. The monoisotopic (exact) mass is 371 g/mol. The number of nitrogens with one attached hydrogen (secondary N) is 1. The minimum atomic E-state index is -0.00365. The average Bonchev–Trinajstić information content (AvgIpc) is 3.19. The first-order valence-electron chi connectivity index (χ1n) is 9.30. The van der Waals surface area contributed by atoms with Crippen molar-refractivity contribution in [2.24, 2.45) is 0 Å². The summed E-state index contributed by atoms with van der Waals surface area (Å²) in [5.41, 5.74) is 2.90. The van der Waals surface area contributed by atoms with Crippen molar-refractivity contribution < 1.29 is 4.79 Å². The second-order valence-electron chi connectivity index (χ2n) is 7.06. The molecule has 1 aromatic heterocycles. The largest absolute Gasteiger partial charge is 0.328 e. The van der Waals surface area contributed by atoms with Gasteiger partial charge in [0.15, 0.2) is 5.69 Å². The number of carbonyl (C=O) groups is 1. The van der Waals surface area contributed by atoms with Crippen LogP contribution in [-0.4, -0.2) is 56.9 Å².